The number of benzene rings is 1. The summed E-state index contributed by atoms with van der Waals surface area (Å²) in [4.78, 5) is 0. The highest BCUT2D eigenvalue weighted by atomic mass is 32.2. The van der Waals surface area contributed by atoms with Gasteiger partial charge in [-0.25, -0.2) is 17.5 Å². The summed E-state index contributed by atoms with van der Waals surface area (Å²) in [6, 6.07) is 5.70. The molecule has 0 atom stereocenters. The van der Waals surface area contributed by atoms with Crippen LogP contribution in [0.2, 0.25) is 0 Å². The van der Waals surface area contributed by atoms with Gasteiger partial charge in [-0.05, 0) is 17.7 Å². The molecule has 6 nitrogen and oxygen atoms in total. The number of hydrogen-bond acceptors (Lipinski definition) is 4. The second-order valence-corrected chi connectivity index (χ2v) is 5.59. The highest BCUT2D eigenvalue weighted by Gasteiger charge is 2.19. The molecule has 0 fully saturated rings. The van der Waals surface area contributed by atoms with Crippen LogP contribution in [0, 0.1) is 5.82 Å². The molecule has 102 valence electrons. The third kappa shape index (κ3) is 3.16. The summed E-state index contributed by atoms with van der Waals surface area (Å²) >= 11 is 0. The van der Waals surface area contributed by atoms with E-state index in [0.717, 1.165) is 0 Å². The second-order valence-electron chi connectivity index (χ2n) is 3.88. The molecular formula is C11H13FN4O2S. The molecule has 0 bridgehead atoms. The molecule has 0 aliphatic rings. The van der Waals surface area contributed by atoms with Crippen molar-refractivity contribution in [2.24, 2.45) is 5.73 Å². The fourth-order valence-electron chi connectivity index (χ4n) is 1.57. The molecule has 1 aromatic carbocycles. The summed E-state index contributed by atoms with van der Waals surface area (Å²) in [7, 11) is -3.74. The van der Waals surface area contributed by atoms with E-state index in [1.807, 2.05) is 0 Å². The van der Waals surface area contributed by atoms with E-state index in [2.05, 4.69) is 14.9 Å². The summed E-state index contributed by atoms with van der Waals surface area (Å²) in [5, 5.41) is 5.97. The van der Waals surface area contributed by atoms with Crippen LogP contribution < -0.4 is 10.5 Å². The van der Waals surface area contributed by atoms with Crippen molar-refractivity contribution in [3.8, 4) is 0 Å². The monoisotopic (exact) mass is 284 g/mol. The molecule has 2 aromatic rings. The lowest BCUT2D eigenvalue weighted by Gasteiger charge is -2.06. The number of nitrogens with one attached hydrogen (secondary N) is 2. The van der Waals surface area contributed by atoms with Gasteiger partial charge in [0.05, 0.1) is 6.20 Å². The lowest BCUT2D eigenvalue weighted by atomic mass is 10.2. The van der Waals surface area contributed by atoms with Gasteiger partial charge in [0.15, 0.2) is 5.03 Å². The molecule has 0 amide bonds. The zero-order chi connectivity index (χ0) is 13.9. The highest BCUT2D eigenvalue weighted by Crippen LogP contribution is 2.12. The maximum absolute atomic E-state index is 13.0. The van der Waals surface area contributed by atoms with Crippen molar-refractivity contribution in [2.45, 2.75) is 18.1 Å². The maximum atomic E-state index is 13.0. The van der Waals surface area contributed by atoms with Gasteiger partial charge in [0.25, 0.3) is 10.0 Å². The van der Waals surface area contributed by atoms with Crippen molar-refractivity contribution in [2.75, 3.05) is 0 Å². The Morgan fingerprint density at radius 2 is 2.21 bits per heavy atom. The number of H-pyrrole nitrogens is 1. The number of sulfonamides is 1. The Labute approximate surface area is 109 Å². The first-order valence-electron chi connectivity index (χ1n) is 5.49. The topological polar surface area (TPSA) is 101 Å². The Bertz CT molecular complexity index is 669. The Kier molecular flexibility index (Phi) is 3.93. The van der Waals surface area contributed by atoms with Crippen LogP contribution in [0.15, 0.2) is 35.5 Å². The average molecular weight is 284 g/mol. The Morgan fingerprint density at radius 3 is 2.89 bits per heavy atom. The fourth-order valence-corrected chi connectivity index (χ4v) is 2.73. The lowest BCUT2D eigenvalue weighted by molar-refractivity contribution is 0.574. The van der Waals surface area contributed by atoms with Gasteiger partial charge in [0, 0.05) is 18.7 Å². The summed E-state index contributed by atoms with van der Waals surface area (Å²) < 4.78 is 39.3. The molecule has 0 spiro atoms. The second kappa shape index (κ2) is 5.47. The highest BCUT2D eigenvalue weighted by molar-refractivity contribution is 7.89. The first-order chi connectivity index (χ1) is 9.03. The number of halogens is 1. The van der Waals surface area contributed by atoms with Crippen molar-refractivity contribution in [3.63, 3.8) is 0 Å². The Morgan fingerprint density at radius 1 is 1.42 bits per heavy atom. The normalized spacial score (nSPS) is 11.7. The minimum atomic E-state index is -3.74. The van der Waals surface area contributed by atoms with Crippen molar-refractivity contribution < 1.29 is 12.8 Å². The summed E-state index contributed by atoms with van der Waals surface area (Å²) in [6.45, 7) is 0.0514. The van der Waals surface area contributed by atoms with Gasteiger partial charge in [-0.1, -0.05) is 12.1 Å². The van der Waals surface area contributed by atoms with E-state index in [4.69, 9.17) is 5.73 Å². The molecule has 0 saturated heterocycles. The molecule has 2 rings (SSSR count). The number of hydrogen-bond donors (Lipinski definition) is 3. The summed E-state index contributed by atoms with van der Waals surface area (Å²) in [5.74, 6) is -0.416. The summed E-state index contributed by atoms with van der Waals surface area (Å²) in [5.41, 5.74) is 6.34. The molecule has 0 aliphatic heterocycles. The molecule has 19 heavy (non-hydrogen) atoms. The van der Waals surface area contributed by atoms with Crippen LogP contribution in [-0.2, 0) is 23.1 Å². The van der Waals surface area contributed by atoms with E-state index >= 15 is 0 Å². The van der Waals surface area contributed by atoms with Gasteiger partial charge in [0.1, 0.15) is 5.82 Å². The zero-order valence-corrected chi connectivity index (χ0v) is 10.7. The van der Waals surface area contributed by atoms with Gasteiger partial charge < -0.3 is 5.73 Å². The Hall–Kier alpha value is -1.77. The van der Waals surface area contributed by atoms with E-state index in [9.17, 15) is 12.8 Å². The van der Waals surface area contributed by atoms with Crippen LogP contribution in [0.4, 0.5) is 4.39 Å². The number of nitrogens with two attached hydrogens (primary N) is 1. The molecule has 0 saturated carbocycles. The lowest BCUT2D eigenvalue weighted by Crippen LogP contribution is -2.25. The predicted molar refractivity (Wildman–Crippen MR) is 66.9 cm³/mol. The molecule has 4 N–H and O–H groups in total. The number of rotatable bonds is 5. The number of aromatic nitrogens is 2. The van der Waals surface area contributed by atoms with E-state index in [1.54, 1.807) is 6.07 Å². The van der Waals surface area contributed by atoms with Crippen molar-refractivity contribution >= 4 is 10.0 Å². The quantitative estimate of drug-likeness (QED) is 0.743. The largest absolute Gasteiger partial charge is 0.326 e. The maximum Gasteiger partial charge on any atom is 0.258 e. The van der Waals surface area contributed by atoms with Gasteiger partial charge in [-0.15, -0.1) is 0 Å². The molecule has 8 heteroatoms. The van der Waals surface area contributed by atoms with Crippen LogP contribution >= 0.6 is 0 Å². The fraction of sp³-hybridized carbons (Fsp3) is 0.182. The van der Waals surface area contributed by atoms with Crippen LogP contribution in [0.1, 0.15) is 11.1 Å². The molecule has 1 heterocycles. The first-order valence-corrected chi connectivity index (χ1v) is 6.97. The van der Waals surface area contributed by atoms with Crippen molar-refractivity contribution in [3.05, 3.63) is 47.4 Å². The first kappa shape index (κ1) is 13.7. The number of aromatic amines is 1. The minimum Gasteiger partial charge on any atom is -0.326 e. The van der Waals surface area contributed by atoms with Crippen LogP contribution in [0.25, 0.3) is 0 Å². The smallest absolute Gasteiger partial charge is 0.258 e. The summed E-state index contributed by atoms with van der Waals surface area (Å²) in [6.07, 6.45) is 1.36. The van der Waals surface area contributed by atoms with E-state index < -0.39 is 15.8 Å². The van der Waals surface area contributed by atoms with Crippen molar-refractivity contribution in [1.82, 2.24) is 14.9 Å². The van der Waals surface area contributed by atoms with Crippen LogP contribution in [0.5, 0.6) is 0 Å². The SMILES string of the molecule is NCc1cn[nH]c1S(=O)(=O)NCc1cccc(F)c1. The molecule has 0 radical (unpaired) electrons. The zero-order valence-electron chi connectivity index (χ0n) is 9.93. The molecule has 0 aliphatic carbocycles. The standard InChI is InChI=1S/C11H13FN4O2S/c12-10-3-1-2-8(4-10)6-15-19(17,18)11-9(5-13)7-14-16-11/h1-4,7,15H,5-6,13H2,(H,14,16). The third-order valence-corrected chi connectivity index (χ3v) is 3.94. The number of nitrogens with zero attached hydrogens (tertiary/aromatic N) is 1. The van der Waals surface area contributed by atoms with E-state index in [1.165, 1.54) is 24.4 Å². The predicted octanol–water partition coefficient (Wildman–Crippen LogP) is 0.486. The minimum absolute atomic E-state index is 0.0108. The average Bonchev–Trinajstić information content (AvgIpc) is 2.86. The van der Waals surface area contributed by atoms with Gasteiger partial charge in [-0.2, -0.15) is 5.10 Å². The van der Waals surface area contributed by atoms with Crippen LogP contribution in [-0.4, -0.2) is 18.6 Å². The van der Waals surface area contributed by atoms with E-state index in [0.29, 0.717) is 11.1 Å². The third-order valence-electron chi connectivity index (χ3n) is 2.52. The molecular weight excluding hydrogens is 271 g/mol. The Balaban J connectivity index is 2.14. The van der Waals surface area contributed by atoms with Crippen LogP contribution in [0.3, 0.4) is 0 Å². The molecule has 1 aromatic heterocycles. The van der Waals surface area contributed by atoms with E-state index in [-0.39, 0.29) is 18.1 Å². The molecule has 0 unspecified atom stereocenters. The van der Waals surface area contributed by atoms with Gasteiger partial charge in [-0.3, -0.25) is 5.10 Å². The van der Waals surface area contributed by atoms with Crippen molar-refractivity contribution in [1.29, 1.82) is 0 Å². The van der Waals surface area contributed by atoms with Gasteiger partial charge >= 0.3 is 0 Å². The van der Waals surface area contributed by atoms with Gasteiger partial charge in [0.2, 0.25) is 0 Å².